The van der Waals surface area contributed by atoms with Gasteiger partial charge < -0.3 is 5.32 Å². The maximum atomic E-state index is 11.4. The molecule has 1 heterocycles. The van der Waals surface area contributed by atoms with E-state index in [-0.39, 0.29) is 18.2 Å². The van der Waals surface area contributed by atoms with Crippen LogP contribution in [0.4, 0.5) is 5.69 Å². The summed E-state index contributed by atoms with van der Waals surface area (Å²) >= 11 is 0. The first-order chi connectivity index (χ1) is 7.70. The molecule has 1 aliphatic rings. The van der Waals surface area contributed by atoms with Crippen LogP contribution in [0.2, 0.25) is 0 Å². The largest absolute Gasteiger partial charge is 0.329 e. The van der Waals surface area contributed by atoms with Gasteiger partial charge in [-0.15, -0.1) is 0 Å². The van der Waals surface area contributed by atoms with Crippen LogP contribution in [0.3, 0.4) is 0 Å². The van der Waals surface area contributed by atoms with E-state index in [1.807, 2.05) is 0 Å². The van der Waals surface area contributed by atoms with Crippen molar-refractivity contribution in [3.63, 3.8) is 0 Å². The van der Waals surface area contributed by atoms with Crippen LogP contribution in [0, 0.1) is 0 Å². The van der Waals surface area contributed by atoms with Crippen LogP contribution in [-0.4, -0.2) is 18.2 Å². The summed E-state index contributed by atoms with van der Waals surface area (Å²) in [6, 6.07) is 6.85. The van der Waals surface area contributed by atoms with Crippen molar-refractivity contribution in [2.75, 3.05) is 5.32 Å². The Hall–Kier alpha value is -2.17. The summed E-state index contributed by atoms with van der Waals surface area (Å²) in [5.41, 5.74) is 1.43. The lowest BCUT2D eigenvalue weighted by atomic mass is 9.97. The van der Waals surface area contributed by atoms with Gasteiger partial charge in [-0.05, 0) is 17.7 Å². The lowest BCUT2D eigenvalue weighted by Gasteiger charge is -2.06. The molecule has 5 nitrogen and oxygen atoms in total. The van der Waals surface area contributed by atoms with Gasteiger partial charge in [-0.2, -0.15) is 0 Å². The molecule has 16 heavy (non-hydrogen) atoms. The molecule has 1 fully saturated rings. The van der Waals surface area contributed by atoms with E-state index in [9.17, 15) is 14.4 Å². The maximum absolute atomic E-state index is 11.4. The number of carbonyl (C=O) groups excluding carboxylic acids is 3. The van der Waals surface area contributed by atoms with E-state index in [2.05, 4.69) is 10.6 Å². The Balaban J connectivity index is 2.18. The number of hydrogen-bond donors (Lipinski definition) is 2. The summed E-state index contributed by atoms with van der Waals surface area (Å²) in [4.78, 5) is 32.6. The fraction of sp³-hybridized carbons (Fsp3) is 0.182. The van der Waals surface area contributed by atoms with Gasteiger partial charge in [0.1, 0.15) is 0 Å². The van der Waals surface area contributed by atoms with Crippen molar-refractivity contribution >= 4 is 23.9 Å². The Morgan fingerprint density at radius 2 is 1.94 bits per heavy atom. The van der Waals surface area contributed by atoms with Gasteiger partial charge in [0.2, 0.25) is 18.2 Å². The van der Waals surface area contributed by atoms with Crippen molar-refractivity contribution in [2.24, 2.45) is 0 Å². The number of hydrogen-bond acceptors (Lipinski definition) is 3. The number of benzene rings is 1. The number of imide groups is 1. The summed E-state index contributed by atoms with van der Waals surface area (Å²) in [5, 5.41) is 4.75. The average molecular weight is 218 g/mol. The third-order valence-electron chi connectivity index (χ3n) is 2.51. The van der Waals surface area contributed by atoms with Crippen LogP contribution in [0.15, 0.2) is 24.3 Å². The molecule has 5 heteroatoms. The third-order valence-corrected chi connectivity index (χ3v) is 2.51. The molecule has 0 saturated carbocycles. The minimum Gasteiger partial charge on any atom is -0.329 e. The first-order valence-corrected chi connectivity index (χ1v) is 4.84. The van der Waals surface area contributed by atoms with Gasteiger partial charge in [0.05, 0.1) is 5.92 Å². The Kier molecular flexibility index (Phi) is 2.68. The van der Waals surface area contributed by atoms with Crippen molar-refractivity contribution in [1.29, 1.82) is 0 Å². The Morgan fingerprint density at radius 3 is 2.44 bits per heavy atom. The normalized spacial score (nSPS) is 19.4. The zero-order valence-electron chi connectivity index (χ0n) is 8.40. The third kappa shape index (κ3) is 1.93. The van der Waals surface area contributed by atoms with E-state index in [1.165, 1.54) is 0 Å². The smallest absolute Gasteiger partial charge is 0.234 e. The number of nitrogens with one attached hydrogen (secondary N) is 2. The van der Waals surface area contributed by atoms with Crippen LogP contribution >= 0.6 is 0 Å². The molecule has 2 rings (SSSR count). The van der Waals surface area contributed by atoms with Crippen LogP contribution < -0.4 is 10.6 Å². The molecule has 1 unspecified atom stereocenters. The van der Waals surface area contributed by atoms with E-state index in [1.54, 1.807) is 24.3 Å². The van der Waals surface area contributed by atoms with Crippen LogP contribution in [-0.2, 0) is 14.4 Å². The van der Waals surface area contributed by atoms with E-state index in [4.69, 9.17) is 0 Å². The zero-order chi connectivity index (χ0) is 11.5. The SMILES string of the molecule is O=CNc1ccc(C2CC(=O)NC2=O)cc1. The summed E-state index contributed by atoms with van der Waals surface area (Å²) < 4.78 is 0. The molecule has 0 aromatic heterocycles. The van der Waals surface area contributed by atoms with Crippen LogP contribution in [0.5, 0.6) is 0 Å². The summed E-state index contributed by atoms with van der Waals surface area (Å²) in [5.74, 6) is -0.913. The molecule has 0 spiro atoms. The summed E-state index contributed by atoms with van der Waals surface area (Å²) in [6.45, 7) is 0. The van der Waals surface area contributed by atoms with E-state index in [0.29, 0.717) is 12.1 Å². The first-order valence-electron chi connectivity index (χ1n) is 4.84. The molecule has 1 aromatic carbocycles. The first kappa shape index (κ1) is 10.4. The van der Waals surface area contributed by atoms with Gasteiger partial charge in [0.15, 0.2) is 0 Å². The molecular weight excluding hydrogens is 208 g/mol. The Labute approximate surface area is 91.8 Å². The highest BCUT2D eigenvalue weighted by molar-refractivity contribution is 6.06. The molecule has 1 atom stereocenters. The standard InChI is InChI=1S/C11H10N2O3/c14-6-12-8-3-1-7(2-4-8)9-5-10(15)13-11(9)16/h1-4,6,9H,5H2,(H,12,14)(H,13,15,16). The van der Waals surface area contributed by atoms with Crippen molar-refractivity contribution in [2.45, 2.75) is 12.3 Å². The monoisotopic (exact) mass is 218 g/mol. The van der Waals surface area contributed by atoms with Crippen molar-refractivity contribution < 1.29 is 14.4 Å². The topological polar surface area (TPSA) is 75.3 Å². The number of anilines is 1. The second-order valence-corrected chi connectivity index (χ2v) is 3.55. The number of amides is 3. The van der Waals surface area contributed by atoms with Gasteiger partial charge in [0.25, 0.3) is 0 Å². The van der Waals surface area contributed by atoms with E-state index < -0.39 is 5.92 Å². The summed E-state index contributed by atoms with van der Waals surface area (Å²) in [7, 11) is 0. The lowest BCUT2D eigenvalue weighted by molar-refractivity contribution is -0.125. The number of carbonyl (C=O) groups is 3. The highest BCUT2D eigenvalue weighted by Crippen LogP contribution is 2.25. The molecule has 1 aliphatic heterocycles. The number of rotatable bonds is 3. The van der Waals surface area contributed by atoms with Gasteiger partial charge in [-0.3, -0.25) is 19.7 Å². The Bertz CT molecular complexity index is 439. The molecule has 2 N–H and O–H groups in total. The molecular formula is C11H10N2O3. The van der Waals surface area contributed by atoms with Crippen LogP contribution in [0.25, 0.3) is 0 Å². The highest BCUT2D eigenvalue weighted by atomic mass is 16.2. The van der Waals surface area contributed by atoms with Gasteiger partial charge in [0, 0.05) is 12.1 Å². The predicted molar refractivity (Wildman–Crippen MR) is 56.6 cm³/mol. The minimum atomic E-state index is -0.405. The van der Waals surface area contributed by atoms with E-state index >= 15 is 0 Å². The molecule has 1 aromatic rings. The quantitative estimate of drug-likeness (QED) is 0.569. The second kappa shape index (κ2) is 4.14. The molecule has 82 valence electrons. The van der Waals surface area contributed by atoms with E-state index in [0.717, 1.165) is 5.56 Å². The molecule has 3 amide bonds. The van der Waals surface area contributed by atoms with Gasteiger partial charge in [-0.25, -0.2) is 0 Å². The fourth-order valence-corrected chi connectivity index (χ4v) is 1.70. The van der Waals surface area contributed by atoms with Crippen molar-refractivity contribution in [3.05, 3.63) is 29.8 Å². The predicted octanol–water partition coefficient (Wildman–Crippen LogP) is 0.385. The maximum Gasteiger partial charge on any atom is 0.234 e. The molecule has 0 bridgehead atoms. The zero-order valence-corrected chi connectivity index (χ0v) is 8.40. The molecule has 0 aliphatic carbocycles. The fourth-order valence-electron chi connectivity index (χ4n) is 1.70. The summed E-state index contributed by atoms with van der Waals surface area (Å²) in [6.07, 6.45) is 0.778. The van der Waals surface area contributed by atoms with Crippen molar-refractivity contribution in [3.8, 4) is 0 Å². The van der Waals surface area contributed by atoms with Gasteiger partial charge >= 0.3 is 0 Å². The van der Waals surface area contributed by atoms with Crippen molar-refractivity contribution in [1.82, 2.24) is 5.32 Å². The molecule has 0 radical (unpaired) electrons. The Morgan fingerprint density at radius 1 is 1.25 bits per heavy atom. The molecule has 1 saturated heterocycles. The van der Waals surface area contributed by atoms with Gasteiger partial charge in [-0.1, -0.05) is 12.1 Å². The minimum absolute atomic E-state index is 0.194. The average Bonchev–Trinajstić information content (AvgIpc) is 2.59. The second-order valence-electron chi connectivity index (χ2n) is 3.55. The lowest BCUT2D eigenvalue weighted by Crippen LogP contribution is -2.21. The highest BCUT2D eigenvalue weighted by Gasteiger charge is 2.31. The van der Waals surface area contributed by atoms with Crippen LogP contribution in [0.1, 0.15) is 17.9 Å².